The molecule has 1 aliphatic rings. The first-order valence-corrected chi connectivity index (χ1v) is 3.67. The molecule has 0 spiro atoms. The average molecular weight is 127 g/mol. The van der Waals surface area contributed by atoms with E-state index in [4.69, 9.17) is 5.73 Å². The Morgan fingerprint density at radius 1 is 1.44 bits per heavy atom. The van der Waals surface area contributed by atoms with Crippen molar-refractivity contribution >= 4 is 0 Å². The van der Waals surface area contributed by atoms with Crippen molar-refractivity contribution in [3.8, 4) is 0 Å². The van der Waals surface area contributed by atoms with E-state index in [2.05, 4.69) is 19.2 Å². The van der Waals surface area contributed by atoms with Crippen LogP contribution >= 0.6 is 0 Å². The van der Waals surface area contributed by atoms with E-state index in [1.54, 1.807) is 0 Å². The monoisotopic (exact) mass is 127 g/mol. The molecule has 0 heterocycles. The van der Waals surface area contributed by atoms with Crippen LogP contribution in [0, 0.1) is 5.92 Å². The van der Waals surface area contributed by atoms with Crippen molar-refractivity contribution in [1.29, 1.82) is 0 Å². The Morgan fingerprint density at radius 2 is 2.00 bits per heavy atom. The largest absolute Gasteiger partial charge is 0.298 e. The van der Waals surface area contributed by atoms with Gasteiger partial charge in [-0.1, -0.05) is 0 Å². The lowest BCUT2D eigenvalue weighted by Crippen LogP contribution is -2.37. The van der Waals surface area contributed by atoms with Gasteiger partial charge in [0.2, 0.25) is 0 Å². The molecule has 0 bridgehead atoms. The summed E-state index contributed by atoms with van der Waals surface area (Å²) in [7, 11) is 0. The number of hydrogen-bond acceptors (Lipinski definition) is 1. The molecule has 1 rings (SSSR count). The minimum atomic E-state index is 0.00463. The van der Waals surface area contributed by atoms with Crippen LogP contribution in [-0.2, 0) is 0 Å². The lowest BCUT2D eigenvalue weighted by Gasteiger charge is -2.14. The first-order valence-electron chi connectivity index (χ1n) is 3.67. The molecule has 2 heteroatoms. The second-order valence-electron chi connectivity index (χ2n) is 3.14. The van der Waals surface area contributed by atoms with Gasteiger partial charge in [-0.2, -0.15) is 0 Å². The Labute approximate surface area is 56.8 Å². The number of rotatable bonds is 3. The van der Waals surface area contributed by atoms with Gasteiger partial charge in [0.05, 0.1) is 6.17 Å². The second kappa shape index (κ2) is 2.67. The lowest BCUT2D eigenvalue weighted by molar-refractivity contribution is 0.423. The summed E-state index contributed by atoms with van der Waals surface area (Å²) < 4.78 is 0. The topological polar surface area (TPSA) is 35.8 Å². The van der Waals surface area contributed by atoms with Crippen LogP contribution in [0.25, 0.3) is 0 Å². The molecule has 0 aliphatic heterocycles. The van der Waals surface area contributed by atoms with Crippen molar-refractivity contribution in [3.63, 3.8) is 0 Å². The molecule has 2 nitrogen and oxygen atoms in total. The first kappa shape index (κ1) is 7.03. The summed E-state index contributed by atoms with van der Waals surface area (Å²) in [5.74, 6) is 0.660. The van der Waals surface area contributed by atoms with Crippen LogP contribution in [-0.4, -0.2) is 12.2 Å². The fraction of sp³-hybridized carbons (Fsp3) is 1.00. The van der Waals surface area contributed by atoms with E-state index in [0.717, 1.165) is 0 Å². The molecule has 1 saturated carbocycles. The van der Waals surface area contributed by atoms with Crippen LogP contribution in [0.5, 0.6) is 0 Å². The van der Waals surface area contributed by atoms with Crippen LogP contribution in [0.2, 0.25) is 0 Å². The van der Waals surface area contributed by atoms with E-state index in [1.807, 2.05) is 0 Å². The molecule has 9 heavy (non-hydrogen) atoms. The minimum Gasteiger partial charge on any atom is -0.298 e. The summed E-state index contributed by atoms with van der Waals surface area (Å²) in [6.07, 6.45) is 2.52. The molecule has 1 atom stereocenters. The zero-order valence-corrected chi connectivity index (χ0v) is 6.15. The summed E-state index contributed by atoms with van der Waals surface area (Å²) >= 11 is 0. The van der Waals surface area contributed by atoms with Crippen molar-refractivity contribution in [2.24, 2.45) is 5.92 Å². The van der Waals surface area contributed by atoms with Gasteiger partial charge in [0.15, 0.2) is 0 Å². The summed E-state index contributed by atoms with van der Waals surface area (Å²) in [5.41, 5.74) is 7.51. The summed E-state index contributed by atoms with van der Waals surface area (Å²) in [6, 6.07) is 0.466. The second-order valence-corrected chi connectivity index (χ2v) is 3.14. The zero-order valence-electron chi connectivity index (χ0n) is 6.15. The Hall–Kier alpha value is -0.0800. The number of nitrogens with one attached hydrogen (secondary N) is 2. The Kier molecular flexibility index (Phi) is 2.09. The van der Waals surface area contributed by atoms with Gasteiger partial charge in [-0.15, -0.1) is 0 Å². The van der Waals surface area contributed by atoms with E-state index >= 15 is 0 Å². The van der Waals surface area contributed by atoms with Crippen molar-refractivity contribution in [2.45, 2.75) is 38.9 Å². The van der Waals surface area contributed by atoms with Crippen molar-refractivity contribution < 1.29 is 0 Å². The highest BCUT2D eigenvalue weighted by Crippen LogP contribution is 2.31. The van der Waals surface area contributed by atoms with Crippen molar-refractivity contribution in [1.82, 2.24) is 11.1 Å². The van der Waals surface area contributed by atoms with Gasteiger partial charge in [-0.05, 0) is 32.6 Å². The molecule has 2 N–H and O–H groups in total. The average Bonchev–Trinajstić information content (AvgIpc) is 2.40. The van der Waals surface area contributed by atoms with Crippen LogP contribution in [0.3, 0.4) is 0 Å². The molecule has 53 valence electrons. The Morgan fingerprint density at radius 3 is 2.33 bits per heavy atom. The molecule has 0 amide bonds. The normalized spacial score (nSPS) is 22.7. The maximum atomic E-state index is 7.51. The molecule has 0 aromatic rings. The predicted octanol–water partition coefficient (Wildman–Crippen LogP) is 1.00. The van der Waals surface area contributed by atoms with Gasteiger partial charge in [-0.25, -0.2) is 5.73 Å². The zero-order chi connectivity index (χ0) is 6.85. The highest BCUT2D eigenvalue weighted by Gasteiger charge is 2.28. The highest BCUT2D eigenvalue weighted by molar-refractivity contribution is 4.82. The van der Waals surface area contributed by atoms with Gasteiger partial charge >= 0.3 is 0 Å². The third-order valence-electron chi connectivity index (χ3n) is 1.61. The van der Waals surface area contributed by atoms with E-state index in [0.29, 0.717) is 12.0 Å². The summed E-state index contributed by atoms with van der Waals surface area (Å²) in [5, 5.41) is 3.17. The third-order valence-corrected chi connectivity index (χ3v) is 1.61. The van der Waals surface area contributed by atoms with Gasteiger partial charge in [-0.3, -0.25) is 5.32 Å². The fourth-order valence-corrected chi connectivity index (χ4v) is 0.925. The quantitative estimate of drug-likeness (QED) is 0.603. The van der Waals surface area contributed by atoms with Crippen LogP contribution < -0.4 is 11.1 Å². The van der Waals surface area contributed by atoms with Crippen LogP contribution in [0.15, 0.2) is 0 Å². The summed E-state index contributed by atoms with van der Waals surface area (Å²) in [4.78, 5) is 0. The van der Waals surface area contributed by atoms with Crippen LogP contribution in [0.1, 0.15) is 26.7 Å². The molecule has 0 aromatic carbocycles. The van der Waals surface area contributed by atoms with E-state index in [1.165, 1.54) is 12.8 Å². The smallest absolute Gasteiger partial charge is 0.0735 e. The highest BCUT2D eigenvalue weighted by atomic mass is 15.1. The number of hydrogen-bond donors (Lipinski definition) is 1. The molecule has 1 fully saturated rings. The SMILES string of the molecule is CC(C)NC([NH])C1CC1. The maximum absolute atomic E-state index is 7.51. The van der Waals surface area contributed by atoms with Crippen molar-refractivity contribution in [2.75, 3.05) is 0 Å². The van der Waals surface area contributed by atoms with Gasteiger partial charge in [0.25, 0.3) is 0 Å². The molecular formula is C7H15N2. The lowest BCUT2D eigenvalue weighted by atomic mass is 10.3. The maximum Gasteiger partial charge on any atom is 0.0735 e. The molecule has 0 saturated heterocycles. The first-order chi connectivity index (χ1) is 4.20. The van der Waals surface area contributed by atoms with E-state index in [9.17, 15) is 0 Å². The van der Waals surface area contributed by atoms with Crippen molar-refractivity contribution in [3.05, 3.63) is 0 Å². The standard InChI is InChI=1S/C7H15N2/c1-5(2)9-7(8)6-3-4-6/h5-9H,3-4H2,1-2H3. The fourth-order valence-electron chi connectivity index (χ4n) is 0.925. The molecular weight excluding hydrogens is 112 g/mol. The van der Waals surface area contributed by atoms with Gasteiger partial charge in [0, 0.05) is 6.04 Å². The Bertz CT molecular complexity index is 86.9. The Balaban J connectivity index is 2.10. The van der Waals surface area contributed by atoms with Gasteiger partial charge < -0.3 is 0 Å². The molecule has 1 unspecified atom stereocenters. The van der Waals surface area contributed by atoms with Gasteiger partial charge in [0.1, 0.15) is 0 Å². The van der Waals surface area contributed by atoms with E-state index < -0.39 is 0 Å². The van der Waals surface area contributed by atoms with Crippen LogP contribution in [0.4, 0.5) is 0 Å². The molecule has 0 aromatic heterocycles. The molecule has 1 radical (unpaired) electrons. The minimum absolute atomic E-state index is 0.00463. The predicted molar refractivity (Wildman–Crippen MR) is 37.9 cm³/mol. The molecule has 1 aliphatic carbocycles. The van der Waals surface area contributed by atoms with E-state index in [-0.39, 0.29) is 6.17 Å². The summed E-state index contributed by atoms with van der Waals surface area (Å²) in [6.45, 7) is 4.17. The third kappa shape index (κ3) is 2.33.